The van der Waals surface area contributed by atoms with Crippen molar-refractivity contribution in [3.63, 3.8) is 0 Å². The van der Waals surface area contributed by atoms with Crippen molar-refractivity contribution in [3.8, 4) is 0 Å². The number of ether oxygens (including phenoxy) is 2. The van der Waals surface area contributed by atoms with E-state index in [9.17, 15) is 18.0 Å². The van der Waals surface area contributed by atoms with E-state index in [0.717, 1.165) is 11.4 Å². The average molecular weight is 254 g/mol. The van der Waals surface area contributed by atoms with Crippen LogP contribution >= 0.6 is 0 Å². The molecule has 0 aliphatic rings. The van der Waals surface area contributed by atoms with Crippen LogP contribution in [0.3, 0.4) is 0 Å². The molecule has 9 heteroatoms. The van der Waals surface area contributed by atoms with Crippen molar-refractivity contribution in [2.45, 2.75) is 6.42 Å². The van der Waals surface area contributed by atoms with Gasteiger partial charge in [-0.25, -0.2) is 9.52 Å². The molecule has 0 radical (unpaired) electrons. The molecule has 0 aliphatic heterocycles. The summed E-state index contributed by atoms with van der Waals surface area (Å²) in [5, 5.41) is 0. The van der Waals surface area contributed by atoms with Gasteiger partial charge in [-0.1, -0.05) is 0 Å². The van der Waals surface area contributed by atoms with Crippen molar-refractivity contribution in [1.29, 1.82) is 0 Å². The standard InChI is InChI=1S/C7H14N2O6S/c1-9(5-4-6(10)14-2)16(12,13)8-7(11)15-3/h4-5H2,1-3H3,(H,8,11). The highest BCUT2D eigenvalue weighted by Gasteiger charge is 2.21. The monoisotopic (exact) mass is 254 g/mol. The van der Waals surface area contributed by atoms with Gasteiger partial charge in [0.1, 0.15) is 0 Å². The first kappa shape index (κ1) is 14.6. The number of hydrogen-bond donors (Lipinski definition) is 1. The highest BCUT2D eigenvalue weighted by atomic mass is 32.2. The Hall–Kier alpha value is -1.35. The largest absolute Gasteiger partial charge is 0.469 e. The number of methoxy groups -OCH3 is 2. The van der Waals surface area contributed by atoms with Gasteiger partial charge in [0.05, 0.1) is 20.6 Å². The number of hydrogen-bond acceptors (Lipinski definition) is 6. The number of amides is 1. The molecule has 0 aromatic heterocycles. The third-order valence-corrected chi connectivity index (χ3v) is 3.09. The zero-order valence-corrected chi connectivity index (χ0v) is 10.0. The Morgan fingerprint density at radius 3 is 2.25 bits per heavy atom. The lowest BCUT2D eigenvalue weighted by Crippen LogP contribution is -2.42. The Kier molecular flexibility index (Phi) is 5.75. The van der Waals surface area contributed by atoms with Gasteiger partial charge < -0.3 is 9.47 Å². The van der Waals surface area contributed by atoms with E-state index in [1.165, 1.54) is 14.2 Å². The number of rotatable bonds is 5. The normalized spacial score (nSPS) is 11.0. The van der Waals surface area contributed by atoms with Gasteiger partial charge in [-0.15, -0.1) is 0 Å². The molecule has 94 valence electrons. The van der Waals surface area contributed by atoms with Crippen LogP contribution < -0.4 is 4.72 Å². The molecule has 0 rings (SSSR count). The van der Waals surface area contributed by atoms with E-state index in [4.69, 9.17) is 0 Å². The second-order valence-electron chi connectivity index (χ2n) is 2.75. The Morgan fingerprint density at radius 1 is 1.25 bits per heavy atom. The SMILES string of the molecule is COC(=O)CCN(C)S(=O)(=O)NC(=O)OC. The van der Waals surface area contributed by atoms with Crippen LogP contribution in [0.15, 0.2) is 0 Å². The summed E-state index contributed by atoms with van der Waals surface area (Å²) >= 11 is 0. The molecule has 1 amide bonds. The van der Waals surface area contributed by atoms with Crippen molar-refractivity contribution >= 4 is 22.3 Å². The van der Waals surface area contributed by atoms with Crippen LogP contribution in [-0.4, -0.2) is 52.6 Å². The second-order valence-corrected chi connectivity index (χ2v) is 4.52. The van der Waals surface area contributed by atoms with E-state index in [0.29, 0.717) is 0 Å². The van der Waals surface area contributed by atoms with E-state index in [-0.39, 0.29) is 13.0 Å². The summed E-state index contributed by atoms with van der Waals surface area (Å²) in [5.41, 5.74) is 0. The summed E-state index contributed by atoms with van der Waals surface area (Å²) in [6.07, 6.45) is -1.19. The first-order chi connectivity index (χ1) is 7.33. The fourth-order valence-electron chi connectivity index (χ4n) is 0.696. The lowest BCUT2D eigenvalue weighted by Gasteiger charge is -2.16. The van der Waals surface area contributed by atoms with Gasteiger partial charge in [0, 0.05) is 13.6 Å². The molecular weight excluding hydrogens is 240 g/mol. The first-order valence-corrected chi connectivity index (χ1v) is 5.66. The minimum Gasteiger partial charge on any atom is -0.469 e. The van der Waals surface area contributed by atoms with Crippen LogP contribution in [0.5, 0.6) is 0 Å². The van der Waals surface area contributed by atoms with Gasteiger partial charge in [0.2, 0.25) is 0 Å². The Balaban J connectivity index is 4.30. The minimum atomic E-state index is -3.97. The van der Waals surface area contributed by atoms with Crippen LogP contribution in [-0.2, 0) is 24.5 Å². The number of nitrogens with one attached hydrogen (secondary N) is 1. The predicted molar refractivity (Wildman–Crippen MR) is 53.7 cm³/mol. The summed E-state index contributed by atoms with van der Waals surface area (Å²) in [5.74, 6) is -0.542. The van der Waals surface area contributed by atoms with E-state index in [1.807, 2.05) is 0 Å². The van der Waals surface area contributed by atoms with Gasteiger partial charge in [-0.3, -0.25) is 4.79 Å². The number of carbonyl (C=O) groups is 2. The summed E-state index contributed by atoms with van der Waals surface area (Å²) < 4.78 is 33.6. The van der Waals surface area contributed by atoms with E-state index >= 15 is 0 Å². The fourth-order valence-corrected chi connectivity index (χ4v) is 1.48. The van der Waals surface area contributed by atoms with Crippen molar-refractivity contribution < 1.29 is 27.5 Å². The van der Waals surface area contributed by atoms with Gasteiger partial charge in [-0.2, -0.15) is 12.7 Å². The van der Waals surface area contributed by atoms with E-state index < -0.39 is 22.3 Å². The smallest absolute Gasteiger partial charge is 0.421 e. The number of carbonyl (C=O) groups excluding carboxylic acids is 2. The molecule has 0 aromatic carbocycles. The molecule has 0 spiro atoms. The van der Waals surface area contributed by atoms with Crippen LogP contribution in [0.25, 0.3) is 0 Å². The van der Waals surface area contributed by atoms with Crippen molar-refractivity contribution in [2.75, 3.05) is 27.8 Å². The maximum atomic E-state index is 11.4. The van der Waals surface area contributed by atoms with Crippen molar-refractivity contribution in [1.82, 2.24) is 9.03 Å². The summed E-state index contributed by atoms with van der Waals surface area (Å²) in [7, 11) is -0.519. The summed E-state index contributed by atoms with van der Waals surface area (Å²) in [6, 6.07) is 0. The zero-order valence-electron chi connectivity index (χ0n) is 9.22. The molecule has 0 atom stereocenters. The van der Waals surface area contributed by atoms with Gasteiger partial charge in [0.15, 0.2) is 0 Å². The minimum absolute atomic E-state index is 0.0982. The van der Waals surface area contributed by atoms with Crippen molar-refractivity contribution in [3.05, 3.63) is 0 Å². The summed E-state index contributed by atoms with van der Waals surface area (Å²) in [4.78, 5) is 21.5. The average Bonchev–Trinajstić information content (AvgIpc) is 2.24. The molecule has 0 saturated heterocycles. The van der Waals surface area contributed by atoms with E-state index in [2.05, 4.69) is 9.47 Å². The maximum absolute atomic E-state index is 11.4. The zero-order chi connectivity index (χ0) is 12.8. The highest BCUT2D eigenvalue weighted by Crippen LogP contribution is 1.97. The van der Waals surface area contributed by atoms with Crippen LogP contribution in [0.1, 0.15) is 6.42 Å². The molecule has 0 aromatic rings. The molecule has 1 N–H and O–H groups in total. The van der Waals surface area contributed by atoms with Gasteiger partial charge in [-0.05, 0) is 0 Å². The molecule has 16 heavy (non-hydrogen) atoms. The molecule has 8 nitrogen and oxygen atoms in total. The third-order valence-electron chi connectivity index (χ3n) is 1.67. The second kappa shape index (κ2) is 6.28. The summed E-state index contributed by atoms with van der Waals surface area (Å²) in [6.45, 7) is -0.0982. The molecule has 0 saturated carbocycles. The highest BCUT2D eigenvalue weighted by molar-refractivity contribution is 7.87. The van der Waals surface area contributed by atoms with Crippen LogP contribution in [0.4, 0.5) is 4.79 Å². The lowest BCUT2D eigenvalue weighted by molar-refractivity contribution is -0.140. The Morgan fingerprint density at radius 2 is 1.81 bits per heavy atom. The number of nitrogens with zero attached hydrogens (tertiary/aromatic N) is 1. The van der Waals surface area contributed by atoms with Crippen LogP contribution in [0, 0.1) is 0 Å². The first-order valence-electron chi connectivity index (χ1n) is 4.22. The molecule has 0 unspecified atom stereocenters. The van der Waals surface area contributed by atoms with E-state index in [1.54, 1.807) is 4.72 Å². The fraction of sp³-hybridized carbons (Fsp3) is 0.714. The lowest BCUT2D eigenvalue weighted by atomic mass is 10.4. The maximum Gasteiger partial charge on any atom is 0.421 e. The third kappa shape index (κ3) is 4.94. The molecular formula is C7H14N2O6S. The van der Waals surface area contributed by atoms with Crippen LogP contribution in [0.2, 0.25) is 0 Å². The molecule has 0 heterocycles. The molecule has 0 fully saturated rings. The van der Waals surface area contributed by atoms with Crippen molar-refractivity contribution in [2.24, 2.45) is 0 Å². The molecule has 0 aliphatic carbocycles. The topological polar surface area (TPSA) is 102 Å². The number of esters is 1. The quantitative estimate of drug-likeness (QED) is 0.637. The van der Waals surface area contributed by atoms with Gasteiger partial charge >= 0.3 is 22.3 Å². The van der Waals surface area contributed by atoms with Gasteiger partial charge in [0.25, 0.3) is 0 Å². The predicted octanol–water partition coefficient (Wildman–Crippen LogP) is -0.918. The Labute approximate surface area is 93.7 Å². The molecule has 0 bridgehead atoms. The Bertz CT molecular complexity index is 352.